The highest BCUT2D eigenvalue weighted by atomic mass is 16.5. The van der Waals surface area contributed by atoms with E-state index in [2.05, 4.69) is 32.2 Å². The molecule has 0 aromatic heterocycles. The minimum absolute atomic E-state index is 0.666. The predicted molar refractivity (Wildman–Crippen MR) is 75.3 cm³/mol. The van der Waals surface area contributed by atoms with Crippen molar-refractivity contribution >= 4 is 0 Å². The molecule has 3 nitrogen and oxygen atoms in total. The fourth-order valence-corrected chi connectivity index (χ4v) is 1.66. The molecule has 3 heteroatoms. The molecule has 0 amide bonds. The summed E-state index contributed by atoms with van der Waals surface area (Å²) in [6.45, 7) is 9.11. The molecular formula is C15H25NO2. The summed E-state index contributed by atoms with van der Waals surface area (Å²) in [4.78, 5) is 0. The van der Waals surface area contributed by atoms with Gasteiger partial charge in [0.25, 0.3) is 0 Å². The van der Waals surface area contributed by atoms with E-state index in [0.717, 1.165) is 37.6 Å². The molecule has 1 aromatic carbocycles. The van der Waals surface area contributed by atoms with Crippen LogP contribution in [0.25, 0.3) is 0 Å². The van der Waals surface area contributed by atoms with Gasteiger partial charge in [0.05, 0.1) is 13.7 Å². The summed E-state index contributed by atoms with van der Waals surface area (Å²) in [5, 5.41) is 3.42. The maximum atomic E-state index is 5.63. The Balaban J connectivity index is 2.60. The Kier molecular flexibility index (Phi) is 6.58. The normalized spacial score (nSPS) is 10.7. The van der Waals surface area contributed by atoms with Crippen molar-refractivity contribution in [3.63, 3.8) is 0 Å². The van der Waals surface area contributed by atoms with Crippen LogP contribution in [0, 0.1) is 5.92 Å². The van der Waals surface area contributed by atoms with Crippen LogP contribution in [0.2, 0.25) is 0 Å². The lowest BCUT2D eigenvalue weighted by atomic mass is 10.2. The molecule has 0 atom stereocenters. The molecule has 0 aliphatic rings. The van der Waals surface area contributed by atoms with Gasteiger partial charge in [-0.15, -0.1) is 0 Å². The molecule has 1 rings (SSSR count). The van der Waals surface area contributed by atoms with Crippen LogP contribution in [0.1, 0.15) is 32.8 Å². The van der Waals surface area contributed by atoms with Crippen LogP contribution >= 0.6 is 0 Å². The van der Waals surface area contributed by atoms with Gasteiger partial charge in [-0.2, -0.15) is 0 Å². The summed E-state index contributed by atoms with van der Waals surface area (Å²) in [6, 6.07) is 6.11. The van der Waals surface area contributed by atoms with Crippen molar-refractivity contribution in [1.82, 2.24) is 5.32 Å². The highest BCUT2D eigenvalue weighted by molar-refractivity contribution is 5.42. The zero-order valence-electron chi connectivity index (χ0n) is 12.0. The van der Waals surface area contributed by atoms with Crippen molar-refractivity contribution in [1.29, 1.82) is 0 Å². The summed E-state index contributed by atoms with van der Waals surface area (Å²) in [6.07, 6.45) is 1.00. The van der Waals surface area contributed by atoms with Gasteiger partial charge >= 0.3 is 0 Å². The van der Waals surface area contributed by atoms with Gasteiger partial charge in [-0.1, -0.05) is 26.8 Å². The molecule has 0 fully saturated rings. The van der Waals surface area contributed by atoms with Gasteiger partial charge in [0.2, 0.25) is 0 Å². The Morgan fingerprint density at radius 1 is 1.22 bits per heavy atom. The first-order valence-electron chi connectivity index (χ1n) is 6.67. The van der Waals surface area contributed by atoms with Crippen molar-refractivity contribution in [3.05, 3.63) is 23.8 Å². The van der Waals surface area contributed by atoms with Crippen molar-refractivity contribution in [2.75, 3.05) is 20.3 Å². The Morgan fingerprint density at radius 2 is 2.00 bits per heavy atom. The summed E-state index contributed by atoms with van der Waals surface area (Å²) in [5.41, 5.74) is 1.22. The summed E-state index contributed by atoms with van der Waals surface area (Å²) < 4.78 is 11.0. The first kappa shape index (κ1) is 14.8. The van der Waals surface area contributed by atoms with Crippen molar-refractivity contribution in [2.24, 2.45) is 5.92 Å². The lowest BCUT2D eigenvalue weighted by Gasteiger charge is -2.12. The molecule has 102 valence electrons. The molecule has 18 heavy (non-hydrogen) atoms. The minimum atomic E-state index is 0.666. The van der Waals surface area contributed by atoms with E-state index in [-0.39, 0.29) is 0 Å². The van der Waals surface area contributed by atoms with E-state index in [1.165, 1.54) is 5.56 Å². The van der Waals surface area contributed by atoms with E-state index < -0.39 is 0 Å². The lowest BCUT2D eigenvalue weighted by molar-refractivity contribution is 0.294. The first-order chi connectivity index (χ1) is 8.67. The first-order valence-corrected chi connectivity index (χ1v) is 6.67. The van der Waals surface area contributed by atoms with Gasteiger partial charge in [0.1, 0.15) is 0 Å². The summed E-state index contributed by atoms with van der Waals surface area (Å²) in [7, 11) is 1.68. The number of ether oxygens (including phenoxy) is 2. The highest BCUT2D eigenvalue weighted by Crippen LogP contribution is 2.28. The number of methoxy groups -OCH3 is 1. The van der Waals surface area contributed by atoms with Gasteiger partial charge in [-0.25, -0.2) is 0 Å². The summed E-state index contributed by atoms with van der Waals surface area (Å²) in [5.74, 6) is 2.30. The van der Waals surface area contributed by atoms with Gasteiger partial charge < -0.3 is 14.8 Å². The van der Waals surface area contributed by atoms with Gasteiger partial charge in [-0.05, 0) is 36.6 Å². The van der Waals surface area contributed by atoms with E-state index in [1.54, 1.807) is 7.11 Å². The Hall–Kier alpha value is -1.22. The third kappa shape index (κ3) is 4.96. The van der Waals surface area contributed by atoms with E-state index in [0.29, 0.717) is 5.92 Å². The maximum Gasteiger partial charge on any atom is 0.161 e. The van der Waals surface area contributed by atoms with Crippen LogP contribution in [0.3, 0.4) is 0 Å². The fourth-order valence-electron chi connectivity index (χ4n) is 1.66. The Labute approximate surface area is 110 Å². The quantitative estimate of drug-likeness (QED) is 0.769. The number of nitrogens with one attached hydrogen (secondary N) is 1. The van der Waals surface area contributed by atoms with Crippen molar-refractivity contribution < 1.29 is 9.47 Å². The Bertz CT molecular complexity index is 350. The standard InChI is InChI=1S/C15H25NO2/c1-5-8-18-14-7-6-13(9-15(14)17-4)11-16-10-12(2)3/h6-7,9,12,16H,5,8,10-11H2,1-4H3. The van der Waals surface area contributed by atoms with Crippen LogP contribution in [0.4, 0.5) is 0 Å². The van der Waals surface area contributed by atoms with E-state index in [4.69, 9.17) is 9.47 Å². The third-order valence-electron chi connectivity index (χ3n) is 2.57. The molecule has 1 N–H and O–H groups in total. The zero-order chi connectivity index (χ0) is 13.4. The molecule has 0 spiro atoms. The second-order valence-corrected chi connectivity index (χ2v) is 4.86. The predicted octanol–water partition coefficient (Wildman–Crippen LogP) is 3.23. The molecule has 1 aromatic rings. The fraction of sp³-hybridized carbons (Fsp3) is 0.600. The molecular weight excluding hydrogens is 226 g/mol. The minimum Gasteiger partial charge on any atom is -0.493 e. The van der Waals surface area contributed by atoms with Gasteiger partial charge in [-0.3, -0.25) is 0 Å². The highest BCUT2D eigenvalue weighted by Gasteiger charge is 2.05. The molecule has 0 saturated heterocycles. The van der Waals surface area contributed by atoms with Crippen LogP contribution in [-0.4, -0.2) is 20.3 Å². The number of hydrogen-bond acceptors (Lipinski definition) is 3. The summed E-state index contributed by atoms with van der Waals surface area (Å²) >= 11 is 0. The average molecular weight is 251 g/mol. The van der Waals surface area contributed by atoms with E-state index in [1.807, 2.05) is 12.1 Å². The molecule has 0 heterocycles. The van der Waals surface area contributed by atoms with E-state index in [9.17, 15) is 0 Å². The van der Waals surface area contributed by atoms with Crippen LogP contribution in [0.15, 0.2) is 18.2 Å². The van der Waals surface area contributed by atoms with Crippen LogP contribution in [0.5, 0.6) is 11.5 Å². The monoisotopic (exact) mass is 251 g/mol. The molecule has 0 aliphatic carbocycles. The molecule has 0 aliphatic heterocycles. The largest absolute Gasteiger partial charge is 0.493 e. The number of benzene rings is 1. The maximum absolute atomic E-state index is 5.63. The van der Waals surface area contributed by atoms with E-state index >= 15 is 0 Å². The average Bonchev–Trinajstić information content (AvgIpc) is 2.36. The zero-order valence-corrected chi connectivity index (χ0v) is 12.0. The second kappa shape index (κ2) is 7.98. The van der Waals surface area contributed by atoms with Gasteiger partial charge in [0.15, 0.2) is 11.5 Å². The molecule has 0 bridgehead atoms. The smallest absolute Gasteiger partial charge is 0.161 e. The molecule has 0 unspecified atom stereocenters. The lowest BCUT2D eigenvalue weighted by Crippen LogP contribution is -2.18. The topological polar surface area (TPSA) is 30.5 Å². The van der Waals surface area contributed by atoms with Crippen molar-refractivity contribution in [3.8, 4) is 11.5 Å². The third-order valence-corrected chi connectivity index (χ3v) is 2.57. The second-order valence-electron chi connectivity index (χ2n) is 4.86. The van der Waals surface area contributed by atoms with Gasteiger partial charge in [0, 0.05) is 6.54 Å². The molecule has 0 radical (unpaired) electrons. The Morgan fingerprint density at radius 3 is 2.61 bits per heavy atom. The van der Waals surface area contributed by atoms with Crippen LogP contribution < -0.4 is 14.8 Å². The SMILES string of the molecule is CCCOc1ccc(CNCC(C)C)cc1OC. The molecule has 0 saturated carbocycles. The number of rotatable bonds is 8. The van der Waals surface area contributed by atoms with Crippen molar-refractivity contribution in [2.45, 2.75) is 33.7 Å². The number of hydrogen-bond donors (Lipinski definition) is 1. The van der Waals surface area contributed by atoms with Crippen LogP contribution in [-0.2, 0) is 6.54 Å².